The van der Waals surface area contributed by atoms with Crippen molar-refractivity contribution in [3.8, 4) is 0 Å². The third-order valence-electron chi connectivity index (χ3n) is 2.81. The molecule has 1 amide bonds. The maximum Gasteiger partial charge on any atom is 0.251 e. The van der Waals surface area contributed by atoms with Gasteiger partial charge in [0.2, 0.25) is 0 Å². The fourth-order valence-corrected chi connectivity index (χ4v) is 2.20. The smallest absolute Gasteiger partial charge is 0.251 e. The Hall–Kier alpha value is -1.06. The van der Waals surface area contributed by atoms with E-state index in [9.17, 15) is 9.90 Å². The Balaban J connectivity index is 2.34. The second kappa shape index (κ2) is 3.83. The fraction of sp³-hybridized carbons (Fsp3) is 0.364. The molecule has 2 rings (SSSR count). The lowest BCUT2D eigenvalue weighted by atomic mass is 10.0. The zero-order valence-corrected chi connectivity index (χ0v) is 9.11. The molecule has 0 unspecified atom stereocenters. The Kier molecular flexibility index (Phi) is 2.67. The van der Waals surface area contributed by atoms with E-state index < -0.39 is 6.10 Å². The number of rotatable bonds is 1. The largest absolute Gasteiger partial charge is 0.383 e. The number of aliphatic hydroxyl groups is 1. The van der Waals surface area contributed by atoms with Crippen LogP contribution in [0.5, 0.6) is 0 Å². The lowest BCUT2D eigenvalue weighted by Crippen LogP contribution is -2.26. The van der Waals surface area contributed by atoms with Gasteiger partial charge in [0, 0.05) is 18.5 Å². The maximum absolute atomic E-state index is 11.4. The monoisotopic (exact) mass is 225 g/mol. The number of likely N-dealkylation sites (N-methyl/N-ethyl adjacent to an activating group) is 1. The van der Waals surface area contributed by atoms with E-state index in [0.29, 0.717) is 11.4 Å². The lowest BCUT2D eigenvalue weighted by Gasteiger charge is -2.20. The number of carbonyl (C=O) groups excluding carboxylic acids is 1. The number of likely N-dealkylation sites (tertiary alicyclic amines) is 1. The molecule has 0 spiro atoms. The van der Waals surface area contributed by atoms with Crippen molar-refractivity contribution in [3.63, 3.8) is 0 Å². The average molecular weight is 226 g/mol. The molecule has 1 aromatic rings. The van der Waals surface area contributed by atoms with Gasteiger partial charge in [0.25, 0.3) is 5.91 Å². The minimum atomic E-state index is -0.892. The SMILES string of the molecule is CN1C(=O)[C@H](O)C[C@@H]1c1ccccc1Cl. The molecule has 1 N–H and O–H groups in total. The van der Waals surface area contributed by atoms with Crippen molar-refractivity contribution in [3.05, 3.63) is 34.9 Å². The highest BCUT2D eigenvalue weighted by molar-refractivity contribution is 6.31. The summed E-state index contributed by atoms with van der Waals surface area (Å²) in [6.45, 7) is 0. The average Bonchev–Trinajstić information content (AvgIpc) is 2.47. The number of hydrogen-bond acceptors (Lipinski definition) is 2. The minimum absolute atomic E-state index is 0.110. The molecule has 1 saturated heterocycles. The molecule has 15 heavy (non-hydrogen) atoms. The van der Waals surface area contributed by atoms with Crippen LogP contribution >= 0.6 is 11.6 Å². The van der Waals surface area contributed by atoms with Crippen molar-refractivity contribution in [2.75, 3.05) is 7.05 Å². The van der Waals surface area contributed by atoms with Gasteiger partial charge in [0.15, 0.2) is 0 Å². The Morgan fingerprint density at radius 1 is 1.47 bits per heavy atom. The van der Waals surface area contributed by atoms with Crippen molar-refractivity contribution >= 4 is 17.5 Å². The van der Waals surface area contributed by atoms with Crippen LogP contribution in [0.3, 0.4) is 0 Å². The van der Waals surface area contributed by atoms with E-state index >= 15 is 0 Å². The Bertz CT molecular complexity index is 394. The zero-order chi connectivity index (χ0) is 11.0. The highest BCUT2D eigenvalue weighted by Crippen LogP contribution is 2.35. The highest BCUT2D eigenvalue weighted by atomic mass is 35.5. The summed E-state index contributed by atoms with van der Waals surface area (Å²) in [6.07, 6.45) is -0.477. The first kappa shape index (κ1) is 10.5. The molecule has 1 heterocycles. The molecule has 2 atom stereocenters. The van der Waals surface area contributed by atoms with Gasteiger partial charge in [-0.05, 0) is 11.6 Å². The van der Waals surface area contributed by atoms with Crippen LogP contribution in [0.1, 0.15) is 18.0 Å². The Morgan fingerprint density at radius 2 is 2.13 bits per heavy atom. The summed E-state index contributed by atoms with van der Waals surface area (Å²) < 4.78 is 0. The van der Waals surface area contributed by atoms with Crippen LogP contribution in [0.15, 0.2) is 24.3 Å². The van der Waals surface area contributed by atoms with Crippen molar-refractivity contribution in [2.45, 2.75) is 18.6 Å². The van der Waals surface area contributed by atoms with Gasteiger partial charge in [-0.15, -0.1) is 0 Å². The van der Waals surface area contributed by atoms with Gasteiger partial charge in [0.1, 0.15) is 6.10 Å². The number of benzene rings is 1. The number of halogens is 1. The summed E-state index contributed by atoms with van der Waals surface area (Å²) in [6, 6.07) is 7.29. The summed E-state index contributed by atoms with van der Waals surface area (Å²) in [5.74, 6) is -0.236. The molecule has 1 aliphatic rings. The molecular weight excluding hydrogens is 214 g/mol. The van der Waals surface area contributed by atoms with E-state index in [1.54, 1.807) is 18.0 Å². The predicted octanol–water partition coefficient (Wildman–Crippen LogP) is 1.60. The first-order chi connectivity index (χ1) is 7.11. The first-order valence-corrected chi connectivity index (χ1v) is 5.18. The standard InChI is InChI=1S/C11H12ClNO2/c1-13-9(6-10(14)11(13)15)7-4-2-3-5-8(7)12/h2-5,9-10,14H,6H2,1H3/t9-,10-/m1/s1. The highest BCUT2D eigenvalue weighted by Gasteiger charge is 2.37. The second-order valence-electron chi connectivity index (χ2n) is 3.74. The van der Waals surface area contributed by atoms with Crippen LogP contribution in [-0.2, 0) is 4.79 Å². The van der Waals surface area contributed by atoms with E-state index in [1.807, 2.05) is 18.2 Å². The summed E-state index contributed by atoms with van der Waals surface area (Å²) in [5.41, 5.74) is 0.895. The number of amides is 1. The quantitative estimate of drug-likeness (QED) is 0.789. The molecule has 0 aliphatic carbocycles. The minimum Gasteiger partial charge on any atom is -0.383 e. The molecule has 3 nitrogen and oxygen atoms in total. The fourth-order valence-electron chi connectivity index (χ4n) is 1.94. The molecule has 1 aromatic carbocycles. The third-order valence-corrected chi connectivity index (χ3v) is 3.16. The summed E-state index contributed by atoms with van der Waals surface area (Å²) in [4.78, 5) is 13.0. The number of carbonyl (C=O) groups is 1. The molecule has 0 aromatic heterocycles. The van der Waals surface area contributed by atoms with Gasteiger partial charge in [-0.1, -0.05) is 29.8 Å². The molecule has 0 radical (unpaired) electrons. The van der Waals surface area contributed by atoms with E-state index in [0.717, 1.165) is 5.56 Å². The third kappa shape index (κ3) is 1.73. The number of nitrogens with zero attached hydrogens (tertiary/aromatic N) is 1. The summed E-state index contributed by atoms with van der Waals surface area (Å²) in [7, 11) is 1.69. The van der Waals surface area contributed by atoms with Crippen LogP contribution in [0.4, 0.5) is 0 Å². The predicted molar refractivity (Wildman–Crippen MR) is 57.6 cm³/mol. The van der Waals surface area contributed by atoms with Gasteiger partial charge < -0.3 is 10.0 Å². The summed E-state index contributed by atoms with van der Waals surface area (Å²) in [5, 5.41) is 10.1. The Labute approximate surface area is 93.3 Å². The van der Waals surface area contributed by atoms with Gasteiger partial charge in [0.05, 0.1) is 6.04 Å². The molecule has 4 heteroatoms. The first-order valence-electron chi connectivity index (χ1n) is 4.80. The van der Waals surface area contributed by atoms with Gasteiger partial charge in [-0.2, -0.15) is 0 Å². The van der Waals surface area contributed by atoms with Gasteiger partial charge in [-0.3, -0.25) is 4.79 Å². The van der Waals surface area contributed by atoms with Crippen molar-refractivity contribution in [1.82, 2.24) is 4.90 Å². The topological polar surface area (TPSA) is 40.5 Å². The molecule has 1 fully saturated rings. The van der Waals surface area contributed by atoms with Crippen LogP contribution < -0.4 is 0 Å². The van der Waals surface area contributed by atoms with Crippen LogP contribution in [0.25, 0.3) is 0 Å². The normalized spacial score (nSPS) is 26.1. The lowest BCUT2D eigenvalue weighted by molar-refractivity contribution is -0.134. The van der Waals surface area contributed by atoms with Crippen molar-refractivity contribution < 1.29 is 9.90 Å². The van der Waals surface area contributed by atoms with Crippen molar-refractivity contribution in [2.24, 2.45) is 0 Å². The van der Waals surface area contributed by atoms with Crippen LogP contribution in [0, 0.1) is 0 Å². The van der Waals surface area contributed by atoms with Crippen molar-refractivity contribution in [1.29, 1.82) is 0 Å². The van der Waals surface area contributed by atoms with E-state index in [-0.39, 0.29) is 11.9 Å². The van der Waals surface area contributed by atoms with Gasteiger partial charge >= 0.3 is 0 Å². The molecule has 0 bridgehead atoms. The van der Waals surface area contributed by atoms with E-state index in [4.69, 9.17) is 11.6 Å². The molecule has 80 valence electrons. The van der Waals surface area contributed by atoms with E-state index in [2.05, 4.69) is 0 Å². The van der Waals surface area contributed by atoms with Gasteiger partial charge in [-0.25, -0.2) is 0 Å². The van der Waals surface area contributed by atoms with Crippen LogP contribution in [0.2, 0.25) is 5.02 Å². The summed E-state index contributed by atoms with van der Waals surface area (Å²) >= 11 is 6.05. The maximum atomic E-state index is 11.4. The molecule has 0 saturated carbocycles. The number of aliphatic hydroxyl groups excluding tert-OH is 1. The zero-order valence-electron chi connectivity index (χ0n) is 8.35. The van der Waals surface area contributed by atoms with Crippen LogP contribution in [-0.4, -0.2) is 29.1 Å². The second-order valence-corrected chi connectivity index (χ2v) is 4.15. The Morgan fingerprint density at radius 3 is 2.67 bits per heavy atom. The molecular formula is C11H12ClNO2. The van der Waals surface area contributed by atoms with E-state index in [1.165, 1.54) is 0 Å². The number of hydrogen-bond donors (Lipinski definition) is 1. The molecule has 1 aliphatic heterocycles.